The van der Waals surface area contributed by atoms with E-state index in [0.717, 1.165) is 11.2 Å². The summed E-state index contributed by atoms with van der Waals surface area (Å²) >= 11 is 0. The third kappa shape index (κ3) is 2.96. The highest BCUT2D eigenvalue weighted by Gasteiger charge is 2.28. The zero-order valence-electron chi connectivity index (χ0n) is 8.09. The maximum Gasteiger partial charge on any atom is 0.324 e. The summed E-state index contributed by atoms with van der Waals surface area (Å²) in [7, 11) is -1.57. The van der Waals surface area contributed by atoms with Crippen molar-refractivity contribution in [2.24, 2.45) is 0 Å². The van der Waals surface area contributed by atoms with Crippen molar-refractivity contribution in [3.05, 3.63) is 0 Å². The summed E-state index contributed by atoms with van der Waals surface area (Å²) in [6.07, 6.45) is 0. The first kappa shape index (κ1) is 12.8. The Morgan fingerprint density at radius 2 is 1.71 bits per heavy atom. The lowest BCUT2D eigenvalue weighted by Crippen LogP contribution is -2.45. The molecule has 0 aromatic rings. The predicted molar refractivity (Wildman–Crippen MR) is 47.6 cm³/mol. The van der Waals surface area contributed by atoms with Crippen molar-refractivity contribution >= 4 is 22.1 Å². The highest BCUT2D eigenvalue weighted by atomic mass is 32.2. The smallest absolute Gasteiger partial charge is 0.324 e. The van der Waals surface area contributed by atoms with Crippen LogP contribution in [-0.4, -0.2) is 54.7 Å². The Morgan fingerprint density at radius 1 is 1.29 bits per heavy atom. The van der Waals surface area contributed by atoms with E-state index in [2.05, 4.69) is 0 Å². The van der Waals surface area contributed by atoms with E-state index < -0.39 is 28.6 Å². The van der Waals surface area contributed by atoms with Crippen molar-refractivity contribution < 1.29 is 23.1 Å². The topological polar surface area (TPSA) is 95.0 Å². The molecule has 0 unspecified atom stereocenters. The first-order chi connectivity index (χ1) is 6.19. The fourth-order valence-corrected chi connectivity index (χ4v) is 1.67. The maximum atomic E-state index is 11.4. The molecule has 0 aliphatic carbocycles. The Balaban J connectivity index is 5.03. The van der Waals surface area contributed by atoms with E-state index in [-0.39, 0.29) is 4.31 Å². The Morgan fingerprint density at radius 3 is 1.93 bits per heavy atom. The summed E-state index contributed by atoms with van der Waals surface area (Å²) in [5.41, 5.74) is 0. The quantitative estimate of drug-likeness (QED) is 0.642. The fraction of sp³-hybridized carbons (Fsp3) is 0.667. The molecular weight excluding hydrogens is 212 g/mol. The summed E-state index contributed by atoms with van der Waals surface area (Å²) in [4.78, 5) is 21.2. The van der Waals surface area contributed by atoms with Crippen LogP contribution in [0.4, 0.5) is 0 Å². The Kier molecular flexibility index (Phi) is 4.02. The second-order valence-electron chi connectivity index (χ2n) is 2.71. The van der Waals surface area contributed by atoms with Crippen LogP contribution in [0.15, 0.2) is 0 Å². The van der Waals surface area contributed by atoms with Crippen molar-refractivity contribution in [2.45, 2.75) is 6.92 Å². The van der Waals surface area contributed by atoms with Crippen molar-refractivity contribution in [1.82, 2.24) is 8.61 Å². The maximum absolute atomic E-state index is 11.4. The van der Waals surface area contributed by atoms with Gasteiger partial charge in [-0.05, 0) is 0 Å². The van der Waals surface area contributed by atoms with Gasteiger partial charge in [0.25, 0.3) is 0 Å². The van der Waals surface area contributed by atoms with Crippen LogP contribution in [0.25, 0.3) is 0 Å². The van der Waals surface area contributed by atoms with E-state index in [9.17, 15) is 18.0 Å². The Hall–Kier alpha value is -1.15. The molecule has 0 aliphatic rings. The largest absolute Gasteiger partial charge is 0.480 e. The highest BCUT2D eigenvalue weighted by molar-refractivity contribution is 7.87. The molecule has 1 amide bonds. The molecule has 0 aliphatic heterocycles. The minimum atomic E-state index is -4.00. The molecule has 0 aromatic heterocycles. The molecule has 0 fully saturated rings. The van der Waals surface area contributed by atoms with Gasteiger partial charge in [-0.2, -0.15) is 12.7 Å². The number of carbonyl (C=O) groups excluding carboxylic acids is 1. The molecule has 0 heterocycles. The fourth-order valence-electron chi connectivity index (χ4n) is 0.675. The zero-order chi connectivity index (χ0) is 11.5. The van der Waals surface area contributed by atoms with Crippen LogP contribution >= 0.6 is 0 Å². The second-order valence-corrected chi connectivity index (χ2v) is 4.78. The molecule has 0 bridgehead atoms. The average Bonchev–Trinajstić information content (AvgIpc) is 1.98. The summed E-state index contributed by atoms with van der Waals surface area (Å²) < 4.78 is 23.8. The number of aliphatic carboxylic acids is 1. The Labute approximate surface area is 82.1 Å². The summed E-state index contributed by atoms with van der Waals surface area (Å²) in [6, 6.07) is 0. The normalized spacial score (nSPS) is 11.4. The van der Waals surface area contributed by atoms with Crippen LogP contribution in [0.1, 0.15) is 6.92 Å². The molecule has 0 saturated carbocycles. The number of carboxylic acid groups (broad SMARTS) is 1. The second kappa shape index (κ2) is 4.38. The van der Waals surface area contributed by atoms with E-state index >= 15 is 0 Å². The molecule has 0 spiro atoms. The molecule has 14 heavy (non-hydrogen) atoms. The minimum absolute atomic E-state index is 0.287. The van der Waals surface area contributed by atoms with Crippen molar-refractivity contribution in [2.75, 3.05) is 20.6 Å². The van der Waals surface area contributed by atoms with Gasteiger partial charge in [-0.1, -0.05) is 0 Å². The molecule has 1 N–H and O–H groups in total. The van der Waals surface area contributed by atoms with Gasteiger partial charge >= 0.3 is 16.2 Å². The number of carbonyl (C=O) groups is 2. The van der Waals surface area contributed by atoms with Gasteiger partial charge in [-0.25, -0.2) is 4.31 Å². The van der Waals surface area contributed by atoms with Gasteiger partial charge in [0.15, 0.2) is 0 Å². The lowest BCUT2D eigenvalue weighted by atomic mass is 10.6. The first-order valence-corrected chi connectivity index (χ1v) is 5.02. The minimum Gasteiger partial charge on any atom is -0.480 e. The summed E-state index contributed by atoms with van der Waals surface area (Å²) in [5.74, 6) is -2.22. The van der Waals surface area contributed by atoms with Gasteiger partial charge in [-0.15, -0.1) is 0 Å². The van der Waals surface area contributed by atoms with Crippen LogP contribution in [0, 0.1) is 0 Å². The lowest BCUT2D eigenvalue weighted by molar-refractivity contribution is -0.140. The number of rotatable bonds is 4. The molecule has 0 radical (unpaired) electrons. The Bertz CT molecular complexity index is 334. The van der Waals surface area contributed by atoms with E-state index in [1.54, 1.807) is 0 Å². The van der Waals surface area contributed by atoms with Gasteiger partial charge in [-0.3, -0.25) is 9.59 Å². The molecular formula is C6H12N2O5S. The first-order valence-electron chi connectivity index (χ1n) is 3.62. The van der Waals surface area contributed by atoms with E-state index in [1.165, 1.54) is 14.1 Å². The van der Waals surface area contributed by atoms with E-state index in [4.69, 9.17) is 5.11 Å². The molecule has 7 nitrogen and oxygen atoms in total. The monoisotopic (exact) mass is 224 g/mol. The van der Waals surface area contributed by atoms with Crippen LogP contribution < -0.4 is 0 Å². The molecule has 0 rings (SSSR count). The standard InChI is InChI=1S/C6H12N2O5S/c1-5(9)8(4-6(10)11)14(12,13)7(2)3/h4H2,1-3H3,(H,10,11). The van der Waals surface area contributed by atoms with Crippen molar-refractivity contribution in [3.8, 4) is 0 Å². The number of carboxylic acids is 1. The van der Waals surface area contributed by atoms with E-state index in [1.807, 2.05) is 0 Å². The summed E-state index contributed by atoms with van der Waals surface area (Å²) in [6.45, 7) is 0.125. The molecule has 0 atom stereocenters. The zero-order valence-corrected chi connectivity index (χ0v) is 8.91. The lowest BCUT2D eigenvalue weighted by Gasteiger charge is -2.22. The predicted octanol–water partition coefficient (Wildman–Crippen LogP) is -1.27. The third-order valence-corrected chi connectivity index (χ3v) is 3.24. The number of nitrogens with zero attached hydrogens (tertiary/aromatic N) is 2. The van der Waals surface area contributed by atoms with Crippen LogP contribution in [-0.2, 0) is 19.8 Å². The number of hydrogen-bond acceptors (Lipinski definition) is 4. The van der Waals surface area contributed by atoms with Crippen LogP contribution in [0.2, 0.25) is 0 Å². The molecule has 8 heteroatoms. The number of amides is 1. The average molecular weight is 224 g/mol. The van der Waals surface area contributed by atoms with Crippen molar-refractivity contribution in [3.63, 3.8) is 0 Å². The molecule has 0 aromatic carbocycles. The van der Waals surface area contributed by atoms with Gasteiger partial charge in [0.2, 0.25) is 5.91 Å². The van der Waals surface area contributed by atoms with Gasteiger partial charge in [0.05, 0.1) is 0 Å². The number of hydrogen-bond donors (Lipinski definition) is 1. The molecule has 82 valence electrons. The highest BCUT2D eigenvalue weighted by Crippen LogP contribution is 2.04. The van der Waals surface area contributed by atoms with Gasteiger partial charge in [0, 0.05) is 21.0 Å². The molecule has 0 saturated heterocycles. The SMILES string of the molecule is CC(=O)N(CC(=O)O)S(=O)(=O)N(C)C. The van der Waals surface area contributed by atoms with E-state index in [0.29, 0.717) is 0 Å². The van der Waals surface area contributed by atoms with Crippen molar-refractivity contribution in [1.29, 1.82) is 0 Å². The third-order valence-electron chi connectivity index (χ3n) is 1.37. The van der Waals surface area contributed by atoms with Crippen LogP contribution in [0.3, 0.4) is 0 Å². The van der Waals surface area contributed by atoms with Gasteiger partial charge < -0.3 is 5.11 Å². The van der Waals surface area contributed by atoms with Gasteiger partial charge in [0.1, 0.15) is 6.54 Å². The summed E-state index contributed by atoms with van der Waals surface area (Å²) in [5, 5.41) is 8.40. The van der Waals surface area contributed by atoms with Crippen LogP contribution in [0.5, 0.6) is 0 Å².